The number of carbonyl (C=O) groups excluding carboxylic acids is 2. The second-order valence-electron chi connectivity index (χ2n) is 8.78. The fourth-order valence-corrected chi connectivity index (χ4v) is 6.00. The number of urea groups is 1. The van der Waals surface area contributed by atoms with Crippen LogP contribution in [0.25, 0.3) is 10.2 Å². The fraction of sp³-hybridized carbons (Fsp3) is 0.375. The average Bonchev–Trinajstić information content (AvgIpc) is 3.52. The molecule has 2 atom stereocenters. The summed E-state index contributed by atoms with van der Waals surface area (Å²) in [6.45, 7) is 3.76. The van der Waals surface area contributed by atoms with Gasteiger partial charge in [-0.2, -0.15) is 0 Å². The molecule has 1 aromatic heterocycles. The van der Waals surface area contributed by atoms with Gasteiger partial charge in [-0.15, -0.1) is 11.3 Å². The third kappa shape index (κ3) is 3.34. The molecule has 2 fully saturated rings. The first kappa shape index (κ1) is 20.4. The molecule has 9 heteroatoms. The van der Waals surface area contributed by atoms with E-state index in [1.165, 1.54) is 4.90 Å². The van der Waals surface area contributed by atoms with E-state index in [2.05, 4.69) is 16.3 Å². The molecule has 3 aromatic rings. The van der Waals surface area contributed by atoms with Crippen LogP contribution in [0.2, 0.25) is 0 Å². The average molecular weight is 465 g/mol. The summed E-state index contributed by atoms with van der Waals surface area (Å²) in [7, 11) is 0. The van der Waals surface area contributed by atoms with Gasteiger partial charge >= 0.3 is 6.03 Å². The summed E-state index contributed by atoms with van der Waals surface area (Å²) >= 11 is 1.68. The van der Waals surface area contributed by atoms with E-state index in [9.17, 15) is 9.59 Å². The second kappa shape index (κ2) is 7.71. The number of carbonyl (C=O) groups is 2. The second-order valence-corrected chi connectivity index (χ2v) is 9.84. The van der Waals surface area contributed by atoms with Crippen LogP contribution in [0, 0.1) is 0 Å². The van der Waals surface area contributed by atoms with Crippen LogP contribution >= 0.6 is 11.3 Å². The first-order valence-electron chi connectivity index (χ1n) is 11.2. The minimum Gasteiger partial charge on any atom is -0.486 e. The smallest absolute Gasteiger partial charge is 0.326 e. The number of hydrogen-bond acceptors (Lipinski definition) is 7. The van der Waals surface area contributed by atoms with Crippen molar-refractivity contribution in [1.82, 2.24) is 20.1 Å². The maximum atomic E-state index is 13.5. The van der Waals surface area contributed by atoms with Crippen molar-refractivity contribution in [1.29, 1.82) is 0 Å². The van der Waals surface area contributed by atoms with Gasteiger partial charge in [0.2, 0.25) is 0 Å². The fourth-order valence-electron chi connectivity index (χ4n) is 4.86. The van der Waals surface area contributed by atoms with Crippen LogP contribution in [0.4, 0.5) is 4.79 Å². The molecule has 2 saturated heterocycles. The Morgan fingerprint density at radius 1 is 1.15 bits per heavy atom. The number of fused-ring (bicyclic) bond motifs is 2. The Morgan fingerprint density at radius 3 is 2.82 bits per heavy atom. The van der Waals surface area contributed by atoms with E-state index in [-0.39, 0.29) is 24.6 Å². The summed E-state index contributed by atoms with van der Waals surface area (Å²) in [5.74, 6) is 0.980. The van der Waals surface area contributed by atoms with E-state index in [1.54, 1.807) is 30.4 Å². The summed E-state index contributed by atoms with van der Waals surface area (Å²) in [6.07, 6.45) is 1.96. The lowest BCUT2D eigenvalue weighted by Crippen LogP contribution is -2.43. The van der Waals surface area contributed by atoms with Crippen molar-refractivity contribution < 1.29 is 19.1 Å². The molecule has 0 saturated carbocycles. The van der Waals surface area contributed by atoms with E-state index in [4.69, 9.17) is 14.5 Å². The number of amides is 3. The third-order valence-corrected chi connectivity index (χ3v) is 7.81. The zero-order valence-electron chi connectivity index (χ0n) is 18.2. The summed E-state index contributed by atoms with van der Waals surface area (Å²) in [5.41, 5.74) is 0.514. The number of nitrogens with one attached hydrogen (secondary N) is 1. The molecule has 0 aliphatic carbocycles. The Labute approximate surface area is 195 Å². The minimum absolute atomic E-state index is 0.101. The van der Waals surface area contributed by atoms with Crippen molar-refractivity contribution in [2.45, 2.75) is 31.3 Å². The molecule has 0 spiro atoms. The van der Waals surface area contributed by atoms with Crippen LogP contribution < -0.4 is 14.8 Å². The van der Waals surface area contributed by atoms with E-state index in [0.717, 1.165) is 34.6 Å². The van der Waals surface area contributed by atoms with Gasteiger partial charge in [0.15, 0.2) is 11.5 Å². The van der Waals surface area contributed by atoms with E-state index >= 15 is 0 Å². The summed E-state index contributed by atoms with van der Waals surface area (Å²) in [5, 5.41) is 3.94. The number of rotatable bonds is 4. The topological polar surface area (TPSA) is 84.0 Å². The van der Waals surface area contributed by atoms with Gasteiger partial charge < -0.3 is 14.8 Å². The van der Waals surface area contributed by atoms with E-state index in [1.807, 2.05) is 24.3 Å². The first-order chi connectivity index (χ1) is 16.0. The number of ether oxygens (including phenoxy) is 2. The van der Waals surface area contributed by atoms with Crippen LogP contribution in [-0.2, 0) is 10.3 Å². The zero-order chi connectivity index (χ0) is 22.6. The van der Waals surface area contributed by atoms with Crippen molar-refractivity contribution in [3.05, 3.63) is 53.0 Å². The molecular weight excluding hydrogens is 440 g/mol. The lowest BCUT2D eigenvalue weighted by molar-refractivity contribution is -0.132. The Morgan fingerprint density at radius 2 is 1.97 bits per heavy atom. The van der Waals surface area contributed by atoms with Gasteiger partial charge in [0, 0.05) is 6.54 Å². The Hall–Kier alpha value is -3.17. The number of benzene rings is 2. The molecule has 0 radical (unpaired) electrons. The van der Waals surface area contributed by atoms with Gasteiger partial charge in [-0.25, -0.2) is 14.7 Å². The quantitative estimate of drug-likeness (QED) is 0.594. The molecule has 4 heterocycles. The standard InChI is InChI=1S/C24H24N4O4S/c1-24(15-8-9-18-19(13-15)32-12-11-31-18)22(29)28(23(30)26-24)14-27-10-4-6-17(27)21-25-16-5-2-3-7-20(16)33-21/h2-3,5,7-9,13,17H,4,6,10-12,14H2,1H3,(H,26,30)/t17-,24+/m0/s1. The number of nitrogens with zero attached hydrogens (tertiary/aromatic N) is 3. The number of imide groups is 1. The van der Waals surface area contributed by atoms with Gasteiger partial charge in [0.25, 0.3) is 5.91 Å². The monoisotopic (exact) mass is 464 g/mol. The summed E-state index contributed by atoms with van der Waals surface area (Å²) < 4.78 is 12.4. The van der Waals surface area contributed by atoms with Gasteiger partial charge in [-0.3, -0.25) is 9.69 Å². The van der Waals surface area contributed by atoms with Crippen molar-refractivity contribution in [3.63, 3.8) is 0 Å². The third-order valence-electron chi connectivity index (χ3n) is 6.68. The lowest BCUT2D eigenvalue weighted by Gasteiger charge is -2.28. The molecule has 6 rings (SSSR count). The predicted octanol–water partition coefficient (Wildman–Crippen LogP) is 3.63. The van der Waals surface area contributed by atoms with E-state index < -0.39 is 5.54 Å². The van der Waals surface area contributed by atoms with Crippen molar-refractivity contribution in [3.8, 4) is 11.5 Å². The highest BCUT2D eigenvalue weighted by atomic mass is 32.1. The van der Waals surface area contributed by atoms with Crippen LogP contribution in [0.15, 0.2) is 42.5 Å². The van der Waals surface area contributed by atoms with Gasteiger partial charge in [-0.1, -0.05) is 18.2 Å². The molecule has 8 nitrogen and oxygen atoms in total. The van der Waals surface area contributed by atoms with E-state index in [0.29, 0.717) is 30.3 Å². The number of hydrogen-bond donors (Lipinski definition) is 1. The van der Waals surface area contributed by atoms with Crippen LogP contribution in [0.3, 0.4) is 0 Å². The molecule has 0 bridgehead atoms. The van der Waals surface area contributed by atoms with Crippen molar-refractivity contribution in [2.24, 2.45) is 0 Å². The first-order valence-corrected chi connectivity index (χ1v) is 12.0. The number of thiazole rings is 1. The van der Waals surface area contributed by atoms with Gasteiger partial charge in [0.1, 0.15) is 23.8 Å². The minimum atomic E-state index is -1.15. The highest BCUT2D eigenvalue weighted by molar-refractivity contribution is 7.18. The SMILES string of the molecule is C[C@]1(c2ccc3c(c2)OCCO3)NC(=O)N(CN2CCC[C@H]2c2nc3ccccc3s2)C1=O. The zero-order valence-corrected chi connectivity index (χ0v) is 19.1. The normalized spacial score (nSPS) is 25.1. The Kier molecular flexibility index (Phi) is 4.77. The number of likely N-dealkylation sites (tertiary alicyclic amines) is 1. The molecule has 0 unspecified atom stereocenters. The number of para-hydroxylation sites is 1. The number of aromatic nitrogens is 1. The molecule has 3 aliphatic heterocycles. The molecule has 2 aromatic carbocycles. The highest BCUT2D eigenvalue weighted by Crippen LogP contribution is 2.39. The maximum absolute atomic E-state index is 13.5. The maximum Gasteiger partial charge on any atom is 0.326 e. The molecule has 3 aliphatic rings. The predicted molar refractivity (Wildman–Crippen MR) is 123 cm³/mol. The molecule has 3 amide bonds. The Balaban J connectivity index is 1.24. The Bertz CT molecular complexity index is 1230. The van der Waals surface area contributed by atoms with Crippen LogP contribution in [-0.4, -0.2) is 53.1 Å². The van der Waals surface area contributed by atoms with Crippen LogP contribution in [0.5, 0.6) is 11.5 Å². The summed E-state index contributed by atoms with van der Waals surface area (Å²) in [6, 6.07) is 13.2. The van der Waals surface area contributed by atoms with Gasteiger partial charge in [0.05, 0.1) is 22.9 Å². The largest absolute Gasteiger partial charge is 0.486 e. The van der Waals surface area contributed by atoms with Crippen molar-refractivity contribution in [2.75, 3.05) is 26.4 Å². The highest BCUT2D eigenvalue weighted by Gasteiger charge is 2.50. The molecular formula is C24H24N4O4S. The van der Waals surface area contributed by atoms with Crippen LogP contribution in [0.1, 0.15) is 36.4 Å². The van der Waals surface area contributed by atoms with Gasteiger partial charge in [-0.05, 0) is 49.6 Å². The molecule has 170 valence electrons. The molecule has 33 heavy (non-hydrogen) atoms. The van der Waals surface area contributed by atoms with Crippen molar-refractivity contribution >= 4 is 33.5 Å². The lowest BCUT2D eigenvalue weighted by atomic mass is 9.91. The molecule has 1 N–H and O–H groups in total. The summed E-state index contributed by atoms with van der Waals surface area (Å²) in [4.78, 5) is 34.8.